The monoisotopic (exact) mass is 264 g/mol. The van der Waals surface area contributed by atoms with Crippen LogP contribution < -0.4 is 5.73 Å². The van der Waals surface area contributed by atoms with Crippen molar-refractivity contribution in [2.45, 2.75) is 25.8 Å². The van der Waals surface area contributed by atoms with Gasteiger partial charge in [-0.05, 0) is 30.4 Å². The largest absolute Gasteiger partial charge is 0.324 e. The summed E-state index contributed by atoms with van der Waals surface area (Å²) in [5.41, 5.74) is 10.4. The van der Waals surface area contributed by atoms with Gasteiger partial charge in [0.05, 0.1) is 11.1 Å². The van der Waals surface area contributed by atoms with E-state index in [-0.39, 0.29) is 6.04 Å². The van der Waals surface area contributed by atoms with Crippen LogP contribution in [0.4, 0.5) is 0 Å². The Morgan fingerprint density at radius 2 is 2.00 bits per heavy atom. The minimum Gasteiger partial charge on any atom is -0.324 e. The van der Waals surface area contributed by atoms with Crippen molar-refractivity contribution in [1.82, 2.24) is 9.97 Å². The van der Waals surface area contributed by atoms with Crippen LogP contribution in [0.25, 0.3) is 16.6 Å². The van der Waals surface area contributed by atoms with E-state index in [4.69, 9.17) is 11.0 Å². The lowest BCUT2D eigenvalue weighted by atomic mass is 9.84. The highest BCUT2D eigenvalue weighted by atomic mass is 14.8. The Bertz CT molecular complexity index is 727. The van der Waals surface area contributed by atoms with Crippen LogP contribution in [0.2, 0.25) is 0 Å². The number of benzene rings is 1. The third kappa shape index (κ3) is 2.17. The van der Waals surface area contributed by atoms with Crippen LogP contribution in [0.1, 0.15) is 30.9 Å². The van der Waals surface area contributed by atoms with Crippen LogP contribution in [-0.2, 0) is 0 Å². The predicted octanol–water partition coefficient (Wildman–Crippen LogP) is 2.64. The molecule has 2 N–H and O–H groups in total. The Hall–Kier alpha value is -2.25. The van der Waals surface area contributed by atoms with Gasteiger partial charge in [-0.25, -0.2) is 0 Å². The standard InChI is InChI=1S/C16H16N4/c1-10-6-12(8-13(18)7-10)14-3-2-11(9-17)15-16(14)20-5-4-19-15/h2-5,8,10,13H,6-7,18H2,1H3/t10-,13-/m1/s1. The van der Waals surface area contributed by atoms with Gasteiger partial charge in [0, 0.05) is 24.0 Å². The molecule has 4 heteroatoms. The molecule has 0 radical (unpaired) electrons. The van der Waals surface area contributed by atoms with Gasteiger partial charge in [-0.15, -0.1) is 0 Å². The number of hydrogen-bond donors (Lipinski definition) is 1. The topological polar surface area (TPSA) is 75.6 Å². The molecule has 100 valence electrons. The summed E-state index contributed by atoms with van der Waals surface area (Å²) in [5.74, 6) is 0.562. The molecule has 4 nitrogen and oxygen atoms in total. The summed E-state index contributed by atoms with van der Waals surface area (Å²) in [4.78, 5) is 8.72. The van der Waals surface area contributed by atoms with E-state index in [0.29, 0.717) is 17.0 Å². The molecule has 0 saturated carbocycles. The predicted molar refractivity (Wildman–Crippen MR) is 78.6 cm³/mol. The van der Waals surface area contributed by atoms with E-state index in [1.54, 1.807) is 12.4 Å². The van der Waals surface area contributed by atoms with E-state index >= 15 is 0 Å². The smallest absolute Gasteiger partial charge is 0.107 e. The highest BCUT2D eigenvalue weighted by Crippen LogP contribution is 2.33. The third-order valence-electron chi connectivity index (χ3n) is 3.75. The number of rotatable bonds is 1. The molecule has 2 aromatic rings. The van der Waals surface area contributed by atoms with Crippen molar-refractivity contribution in [3.63, 3.8) is 0 Å². The molecule has 0 bridgehead atoms. The first-order valence-corrected chi connectivity index (χ1v) is 6.79. The average Bonchev–Trinajstić information content (AvgIpc) is 2.45. The fourth-order valence-corrected chi connectivity index (χ4v) is 2.92. The molecule has 0 aliphatic heterocycles. The van der Waals surface area contributed by atoms with Crippen molar-refractivity contribution in [2.24, 2.45) is 11.7 Å². The van der Waals surface area contributed by atoms with Gasteiger partial charge in [-0.1, -0.05) is 19.1 Å². The van der Waals surface area contributed by atoms with E-state index in [1.807, 2.05) is 12.1 Å². The maximum Gasteiger partial charge on any atom is 0.107 e. The number of nitriles is 1. The van der Waals surface area contributed by atoms with Crippen LogP contribution >= 0.6 is 0 Å². The van der Waals surface area contributed by atoms with Gasteiger partial charge in [0.25, 0.3) is 0 Å². The first kappa shape index (κ1) is 12.8. The van der Waals surface area contributed by atoms with E-state index in [1.165, 1.54) is 5.57 Å². The molecule has 20 heavy (non-hydrogen) atoms. The second-order valence-corrected chi connectivity index (χ2v) is 5.43. The summed E-state index contributed by atoms with van der Waals surface area (Å²) in [5, 5.41) is 9.17. The molecular weight excluding hydrogens is 248 g/mol. The summed E-state index contributed by atoms with van der Waals surface area (Å²) < 4.78 is 0. The fourth-order valence-electron chi connectivity index (χ4n) is 2.92. The van der Waals surface area contributed by atoms with Crippen LogP contribution in [0.3, 0.4) is 0 Å². The molecular formula is C16H16N4. The number of allylic oxidation sites excluding steroid dienone is 1. The number of fused-ring (bicyclic) bond motifs is 1. The lowest BCUT2D eigenvalue weighted by Gasteiger charge is -2.24. The van der Waals surface area contributed by atoms with Crippen LogP contribution in [0.5, 0.6) is 0 Å². The summed E-state index contributed by atoms with van der Waals surface area (Å²) >= 11 is 0. The number of nitrogens with zero attached hydrogens (tertiary/aromatic N) is 3. The summed E-state index contributed by atoms with van der Waals surface area (Å²) in [7, 11) is 0. The molecule has 1 heterocycles. The van der Waals surface area contributed by atoms with Crippen LogP contribution in [-0.4, -0.2) is 16.0 Å². The third-order valence-corrected chi connectivity index (χ3v) is 3.75. The van der Waals surface area contributed by atoms with Gasteiger partial charge in [-0.3, -0.25) is 9.97 Å². The number of aromatic nitrogens is 2. The maximum absolute atomic E-state index is 9.17. The van der Waals surface area contributed by atoms with Crippen molar-refractivity contribution in [3.8, 4) is 6.07 Å². The zero-order valence-electron chi connectivity index (χ0n) is 11.4. The zero-order valence-corrected chi connectivity index (χ0v) is 11.4. The molecule has 0 spiro atoms. The molecule has 0 saturated heterocycles. The SMILES string of the molecule is C[C@@H]1CC(c2ccc(C#N)c3nccnc23)=C[C@H](N)C1. The minimum absolute atomic E-state index is 0.0936. The van der Waals surface area contributed by atoms with Gasteiger partial charge in [0.1, 0.15) is 11.6 Å². The molecule has 1 aromatic heterocycles. The summed E-state index contributed by atoms with van der Waals surface area (Å²) in [6.07, 6.45) is 7.42. The molecule has 0 amide bonds. The molecule has 1 aliphatic carbocycles. The van der Waals surface area contributed by atoms with Crippen LogP contribution in [0.15, 0.2) is 30.6 Å². The second-order valence-electron chi connectivity index (χ2n) is 5.43. The van der Waals surface area contributed by atoms with Crippen molar-refractivity contribution in [2.75, 3.05) is 0 Å². The molecule has 0 fully saturated rings. The van der Waals surface area contributed by atoms with Crippen LogP contribution in [0, 0.1) is 17.2 Å². The molecule has 1 aliphatic rings. The van der Waals surface area contributed by atoms with E-state index in [0.717, 1.165) is 23.9 Å². The molecule has 1 aromatic carbocycles. The number of hydrogen-bond acceptors (Lipinski definition) is 4. The van der Waals surface area contributed by atoms with Gasteiger partial charge in [0.15, 0.2) is 0 Å². The minimum atomic E-state index is 0.0936. The Balaban J connectivity index is 2.21. The van der Waals surface area contributed by atoms with E-state index in [9.17, 15) is 0 Å². The van der Waals surface area contributed by atoms with Gasteiger partial charge < -0.3 is 5.73 Å². The van der Waals surface area contributed by atoms with Crippen molar-refractivity contribution < 1.29 is 0 Å². The Morgan fingerprint density at radius 1 is 1.25 bits per heavy atom. The van der Waals surface area contributed by atoms with Gasteiger partial charge in [-0.2, -0.15) is 5.26 Å². The Kier molecular flexibility index (Phi) is 3.21. The zero-order chi connectivity index (χ0) is 14.1. The first-order chi connectivity index (χ1) is 9.69. The lowest BCUT2D eigenvalue weighted by molar-refractivity contribution is 0.496. The Morgan fingerprint density at radius 3 is 2.70 bits per heavy atom. The van der Waals surface area contributed by atoms with Gasteiger partial charge >= 0.3 is 0 Å². The number of nitrogens with two attached hydrogens (primary N) is 1. The van der Waals surface area contributed by atoms with Crippen molar-refractivity contribution in [3.05, 3.63) is 41.7 Å². The fraction of sp³-hybridized carbons (Fsp3) is 0.312. The quantitative estimate of drug-likeness (QED) is 0.859. The first-order valence-electron chi connectivity index (χ1n) is 6.79. The van der Waals surface area contributed by atoms with Gasteiger partial charge in [0.2, 0.25) is 0 Å². The lowest BCUT2D eigenvalue weighted by Crippen LogP contribution is -2.24. The van der Waals surface area contributed by atoms with E-state index in [2.05, 4.69) is 29.0 Å². The Labute approximate surface area is 118 Å². The summed E-state index contributed by atoms with van der Waals surface area (Å²) in [6, 6.07) is 6.05. The highest BCUT2D eigenvalue weighted by molar-refractivity contribution is 5.92. The van der Waals surface area contributed by atoms with E-state index < -0.39 is 0 Å². The van der Waals surface area contributed by atoms with Crippen molar-refractivity contribution in [1.29, 1.82) is 5.26 Å². The second kappa shape index (κ2) is 5.03. The summed E-state index contributed by atoms with van der Waals surface area (Å²) in [6.45, 7) is 2.21. The van der Waals surface area contributed by atoms with Crippen molar-refractivity contribution >= 4 is 16.6 Å². The maximum atomic E-state index is 9.17. The molecule has 3 rings (SSSR count). The molecule has 2 atom stereocenters. The average molecular weight is 264 g/mol. The normalized spacial score (nSPS) is 22.4. The molecule has 0 unspecified atom stereocenters. The highest BCUT2D eigenvalue weighted by Gasteiger charge is 2.20.